The van der Waals surface area contributed by atoms with Crippen molar-refractivity contribution in [2.75, 3.05) is 12.4 Å². The molecule has 136 valence electrons. The van der Waals surface area contributed by atoms with Crippen LogP contribution in [-0.4, -0.2) is 37.1 Å². The van der Waals surface area contributed by atoms with Crippen LogP contribution in [0, 0.1) is 12.8 Å². The number of carbonyl (C=O) groups excluding carboxylic acids is 1. The van der Waals surface area contributed by atoms with Crippen LogP contribution in [-0.2, 0) is 0 Å². The number of anilines is 1. The highest BCUT2D eigenvalue weighted by atomic mass is 16.4. The molecule has 2 N–H and O–H groups in total. The predicted octanol–water partition coefficient (Wildman–Crippen LogP) is 3.55. The summed E-state index contributed by atoms with van der Waals surface area (Å²) in [6, 6.07) is 0.214. The van der Waals surface area contributed by atoms with Crippen molar-refractivity contribution >= 4 is 24.3 Å². The zero-order chi connectivity index (χ0) is 18.2. The second kappa shape index (κ2) is 6.65. The fraction of sp³-hybridized carbons (Fsp3) is 0.632. The lowest BCUT2D eigenvalue weighted by Crippen LogP contribution is -2.36. The molecule has 1 amide bonds. The Hall–Kier alpha value is -2.11. The van der Waals surface area contributed by atoms with Crippen LogP contribution in [0.3, 0.4) is 0 Å². The van der Waals surface area contributed by atoms with E-state index in [1.165, 1.54) is 12.8 Å². The Bertz CT molecular complexity index is 711. The van der Waals surface area contributed by atoms with Crippen molar-refractivity contribution in [3.05, 3.63) is 16.9 Å². The van der Waals surface area contributed by atoms with Gasteiger partial charge in [-0.3, -0.25) is 9.79 Å². The summed E-state index contributed by atoms with van der Waals surface area (Å²) in [6.45, 7) is 9.67. The maximum atomic E-state index is 13.0. The number of rotatable bonds is 7. The average molecular weight is 344 g/mol. The van der Waals surface area contributed by atoms with E-state index in [1.807, 2.05) is 0 Å². The van der Waals surface area contributed by atoms with E-state index in [9.17, 15) is 4.79 Å². The Kier molecular flexibility index (Phi) is 4.71. The van der Waals surface area contributed by atoms with E-state index in [-0.39, 0.29) is 17.5 Å². The van der Waals surface area contributed by atoms with E-state index in [2.05, 4.69) is 36.2 Å². The Morgan fingerprint density at radius 2 is 2.08 bits per heavy atom. The third-order valence-corrected chi connectivity index (χ3v) is 5.21. The molecular weight excluding hydrogens is 316 g/mol. The maximum absolute atomic E-state index is 13.0. The minimum atomic E-state index is -0.117. The van der Waals surface area contributed by atoms with Crippen molar-refractivity contribution in [3.8, 4) is 0 Å². The molecule has 1 unspecified atom stereocenters. The summed E-state index contributed by atoms with van der Waals surface area (Å²) in [5.41, 5.74) is 1.03. The zero-order valence-corrected chi connectivity index (χ0v) is 15.6. The summed E-state index contributed by atoms with van der Waals surface area (Å²) < 4.78 is 5.78. The van der Waals surface area contributed by atoms with Gasteiger partial charge in [0, 0.05) is 13.1 Å². The minimum Gasteiger partial charge on any atom is -0.444 e. The van der Waals surface area contributed by atoms with E-state index in [0.717, 1.165) is 19.3 Å². The quantitative estimate of drug-likeness (QED) is 0.586. The standard InChI is InChI=1S/C19H28N4O2/c1-6-13(12-7-8-12)22-17(24)14-11(2)25-18(21-5)15(14)16(20-4)23-19(3)9-10-19/h12-13,21H,4,6-10H2,1-3,5H3,(H,22,24). The summed E-state index contributed by atoms with van der Waals surface area (Å²) in [6.07, 6.45) is 5.37. The molecule has 2 fully saturated rings. The molecule has 3 rings (SSSR count). The monoisotopic (exact) mass is 344 g/mol. The minimum absolute atomic E-state index is 0.0968. The van der Waals surface area contributed by atoms with Crippen molar-refractivity contribution in [1.82, 2.24) is 5.32 Å². The fourth-order valence-corrected chi connectivity index (χ4v) is 3.22. The van der Waals surface area contributed by atoms with Crippen molar-refractivity contribution in [2.45, 2.75) is 64.5 Å². The molecular formula is C19H28N4O2. The SMILES string of the molecule is C=NC(=NC1(C)CC1)c1c(NC)oc(C)c1C(=O)NC(CC)C1CC1. The van der Waals surface area contributed by atoms with Crippen LogP contribution in [0.1, 0.15) is 67.6 Å². The Morgan fingerprint density at radius 3 is 2.56 bits per heavy atom. The van der Waals surface area contributed by atoms with Crippen molar-refractivity contribution in [2.24, 2.45) is 15.9 Å². The van der Waals surface area contributed by atoms with E-state index in [4.69, 9.17) is 9.41 Å². The van der Waals surface area contributed by atoms with Crippen LogP contribution in [0.25, 0.3) is 0 Å². The van der Waals surface area contributed by atoms with Gasteiger partial charge in [0.05, 0.1) is 16.7 Å². The van der Waals surface area contributed by atoms with Crippen molar-refractivity contribution in [1.29, 1.82) is 0 Å². The number of aryl methyl sites for hydroxylation is 1. The third kappa shape index (κ3) is 3.62. The molecule has 0 aliphatic heterocycles. The van der Waals surface area contributed by atoms with Crippen LogP contribution in [0.4, 0.5) is 5.88 Å². The molecule has 6 heteroatoms. The van der Waals surface area contributed by atoms with Crippen LogP contribution in [0.15, 0.2) is 14.4 Å². The summed E-state index contributed by atoms with van der Waals surface area (Å²) in [5.74, 6) is 2.04. The Morgan fingerprint density at radius 1 is 1.40 bits per heavy atom. The van der Waals surface area contributed by atoms with Gasteiger partial charge in [-0.15, -0.1) is 0 Å². The number of furan rings is 1. The first kappa shape index (κ1) is 17.7. The third-order valence-electron chi connectivity index (χ3n) is 5.21. The summed E-state index contributed by atoms with van der Waals surface area (Å²) in [4.78, 5) is 21.8. The second-order valence-corrected chi connectivity index (χ2v) is 7.40. The first-order chi connectivity index (χ1) is 11.9. The Labute approximate surface area is 149 Å². The molecule has 0 spiro atoms. The van der Waals surface area contributed by atoms with Gasteiger partial charge in [-0.1, -0.05) is 6.92 Å². The summed E-state index contributed by atoms with van der Waals surface area (Å²) in [5, 5.41) is 6.20. The first-order valence-electron chi connectivity index (χ1n) is 9.11. The van der Waals surface area contributed by atoms with Crippen LogP contribution in [0.5, 0.6) is 0 Å². The molecule has 2 saturated carbocycles. The van der Waals surface area contributed by atoms with Crippen LogP contribution >= 0.6 is 0 Å². The molecule has 25 heavy (non-hydrogen) atoms. The zero-order valence-electron chi connectivity index (χ0n) is 15.6. The molecule has 1 atom stereocenters. The average Bonchev–Trinajstić information content (AvgIpc) is 3.51. The summed E-state index contributed by atoms with van der Waals surface area (Å²) >= 11 is 0. The first-order valence-corrected chi connectivity index (χ1v) is 9.11. The highest BCUT2D eigenvalue weighted by molar-refractivity contribution is 6.14. The molecule has 6 nitrogen and oxygen atoms in total. The number of amides is 1. The van der Waals surface area contributed by atoms with Crippen LogP contribution < -0.4 is 10.6 Å². The highest BCUT2D eigenvalue weighted by Gasteiger charge is 2.39. The number of aliphatic imine (C=N–C) groups is 2. The van der Waals surface area contributed by atoms with Gasteiger partial charge in [0.2, 0.25) is 5.88 Å². The Balaban J connectivity index is 1.98. The van der Waals surface area contributed by atoms with Gasteiger partial charge in [-0.2, -0.15) is 0 Å². The molecule has 0 aromatic carbocycles. The van der Waals surface area contributed by atoms with E-state index < -0.39 is 0 Å². The maximum Gasteiger partial charge on any atom is 0.255 e. The van der Waals surface area contributed by atoms with Crippen molar-refractivity contribution in [3.63, 3.8) is 0 Å². The van der Waals surface area contributed by atoms with Gasteiger partial charge in [-0.25, -0.2) is 4.99 Å². The molecule has 1 heterocycles. The lowest BCUT2D eigenvalue weighted by Gasteiger charge is -2.16. The molecule has 1 aromatic rings. The second-order valence-electron chi connectivity index (χ2n) is 7.40. The molecule has 0 radical (unpaired) electrons. The van der Waals surface area contributed by atoms with Gasteiger partial charge in [0.15, 0.2) is 5.84 Å². The van der Waals surface area contributed by atoms with E-state index >= 15 is 0 Å². The number of hydrogen-bond acceptors (Lipinski definition) is 4. The number of carbonyl (C=O) groups is 1. The number of hydrogen-bond donors (Lipinski definition) is 2. The van der Waals surface area contributed by atoms with Gasteiger partial charge >= 0.3 is 0 Å². The normalized spacial score (nSPS) is 20.1. The largest absolute Gasteiger partial charge is 0.444 e. The predicted molar refractivity (Wildman–Crippen MR) is 101 cm³/mol. The lowest BCUT2D eigenvalue weighted by atomic mass is 10.1. The smallest absolute Gasteiger partial charge is 0.255 e. The molecule has 1 aromatic heterocycles. The van der Waals surface area contributed by atoms with E-state index in [0.29, 0.717) is 34.5 Å². The van der Waals surface area contributed by atoms with Gasteiger partial charge in [-0.05, 0) is 58.6 Å². The molecule has 0 saturated heterocycles. The van der Waals surface area contributed by atoms with Crippen LogP contribution in [0.2, 0.25) is 0 Å². The molecule has 0 bridgehead atoms. The molecule has 2 aliphatic carbocycles. The van der Waals surface area contributed by atoms with E-state index in [1.54, 1.807) is 14.0 Å². The number of amidine groups is 1. The summed E-state index contributed by atoms with van der Waals surface area (Å²) in [7, 11) is 1.77. The topological polar surface area (TPSA) is 79.0 Å². The van der Waals surface area contributed by atoms with Crippen molar-refractivity contribution < 1.29 is 9.21 Å². The lowest BCUT2D eigenvalue weighted by molar-refractivity contribution is 0.0929. The van der Waals surface area contributed by atoms with Gasteiger partial charge < -0.3 is 15.1 Å². The van der Waals surface area contributed by atoms with Gasteiger partial charge in [0.1, 0.15) is 5.76 Å². The molecule has 2 aliphatic rings. The highest BCUT2D eigenvalue weighted by Crippen LogP contribution is 2.40. The number of nitrogens with one attached hydrogen (secondary N) is 2. The fourth-order valence-electron chi connectivity index (χ4n) is 3.22. The number of nitrogens with zero attached hydrogens (tertiary/aromatic N) is 2. The van der Waals surface area contributed by atoms with Gasteiger partial charge in [0.25, 0.3) is 5.91 Å².